The molecule has 232 valence electrons. The van der Waals surface area contributed by atoms with Crippen molar-refractivity contribution < 1.29 is 4.42 Å². The molecule has 0 unspecified atom stereocenters. The van der Waals surface area contributed by atoms with Crippen LogP contribution in [-0.4, -0.2) is 0 Å². The zero-order valence-electron chi connectivity index (χ0n) is 26.8. The molecule has 9 aromatic rings. The van der Waals surface area contributed by atoms with Crippen LogP contribution in [-0.2, 0) is 6.42 Å². The molecule has 2 aromatic heterocycles. The number of thiophene rings is 1. The molecule has 0 fully saturated rings. The smallest absolute Gasteiger partial charge is 0.137 e. The lowest BCUT2D eigenvalue weighted by Crippen LogP contribution is -2.12. The van der Waals surface area contributed by atoms with Crippen LogP contribution in [0.4, 0.5) is 17.1 Å². The van der Waals surface area contributed by atoms with Crippen LogP contribution in [0.15, 0.2) is 162 Å². The van der Waals surface area contributed by atoms with Crippen molar-refractivity contribution in [1.82, 2.24) is 0 Å². The summed E-state index contributed by atoms with van der Waals surface area (Å²) in [6.45, 7) is 0. The summed E-state index contributed by atoms with van der Waals surface area (Å²) in [5.41, 5.74) is 12.6. The van der Waals surface area contributed by atoms with Crippen molar-refractivity contribution in [1.29, 1.82) is 0 Å². The molecule has 49 heavy (non-hydrogen) atoms. The van der Waals surface area contributed by atoms with E-state index in [1.165, 1.54) is 53.6 Å². The minimum atomic E-state index is 0.881. The predicted octanol–water partition coefficient (Wildman–Crippen LogP) is 13.7. The highest BCUT2D eigenvalue weighted by molar-refractivity contribution is 7.26. The van der Waals surface area contributed by atoms with Gasteiger partial charge in [-0.1, -0.05) is 121 Å². The number of furan rings is 1. The van der Waals surface area contributed by atoms with Gasteiger partial charge in [-0.3, -0.25) is 0 Å². The van der Waals surface area contributed by atoms with Crippen LogP contribution < -0.4 is 4.90 Å². The molecule has 0 N–H and O–H groups in total. The zero-order chi connectivity index (χ0) is 32.3. The third-order valence-corrected chi connectivity index (χ3v) is 11.1. The van der Waals surface area contributed by atoms with Gasteiger partial charge in [-0.15, -0.1) is 11.3 Å². The molecule has 0 saturated carbocycles. The van der Waals surface area contributed by atoms with Gasteiger partial charge in [0.25, 0.3) is 0 Å². The first-order valence-corrected chi connectivity index (χ1v) is 17.7. The Hall–Kier alpha value is -5.90. The van der Waals surface area contributed by atoms with Crippen molar-refractivity contribution in [2.75, 3.05) is 4.90 Å². The summed E-state index contributed by atoms with van der Waals surface area (Å²) in [5, 5.41) is 4.78. The lowest BCUT2D eigenvalue weighted by Gasteiger charge is -2.29. The molecule has 0 saturated heterocycles. The van der Waals surface area contributed by atoms with Crippen molar-refractivity contribution >= 4 is 76.6 Å². The lowest BCUT2D eigenvalue weighted by molar-refractivity contribution is 0.669. The number of allylic oxidation sites excluding steroid dienone is 1. The highest BCUT2D eigenvalue weighted by atomic mass is 32.1. The second kappa shape index (κ2) is 11.4. The SMILES string of the molecule is C1=Cc2cc(-c3ccc(-c4ccccc4)c(N(c4cccc5c4sc4ccccc45)c4cccc5oc6ccccc6c45)c3)ccc2CC1. The molecule has 2 heterocycles. The van der Waals surface area contributed by atoms with E-state index in [2.05, 4.69) is 163 Å². The van der Waals surface area contributed by atoms with Gasteiger partial charge in [-0.2, -0.15) is 0 Å². The summed E-state index contributed by atoms with van der Waals surface area (Å²) in [5.74, 6) is 0. The minimum Gasteiger partial charge on any atom is -0.456 e. The molecule has 0 aliphatic heterocycles. The van der Waals surface area contributed by atoms with Crippen LogP contribution in [0.5, 0.6) is 0 Å². The van der Waals surface area contributed by atoms with Crippen LogP contribution in [0.3, 0.4) is 0 Å². The number of hydrogen-bond donors (Lipinski definition) is 0. The maximum atomic E-state index is 6.48. The van der Waals surface area contributed by atoms with Crippen molar-refractivity contribution in [3.8, 4) is 22.3 Å². The first kappa shape index (κ1) is 28.1. The Morgan fingerprint density at radius 1 is 0.531 bits per heavy atom. The van der Waals surface area contributed by atoms with Gasteiger partial charge in [0, 0.05) is 26.4 Å². The van der Waals surface area contributed by atoms with E-state index in [1.54, 1.807) is 0 Å². The van der Waals surface area contributed by atoms with Gasteiger partial charge >= 0.3 is 0 Å². The monoisotopic (exact) mass is 645 g/mol. The molecule has 1 aliphatic carbocycles. The largest absolute Gasteiger partial charge is 0.456 e. The van der Waals surface area contributed by atoms with Crippen molar-refractivity contribution in [3.05, 3.63) is 169 Å². The number of aryl methyl sites for hydroxylation is 1. The molecule has 1 aliphatic rings. The maximum absolute atomic E-state index is 6.48. The van der Waals surface area contributed by atoms with Crippen LogP contribution in [0.25, 0.3) is 70.4 Å². The molecule has 0 bridgehead atoms. The highest BCUT2D eigenvalue weighted by Crippen LogP contribution is 2.50. The van der Waals surface area contributed by atoms with E-state index in [0.29, 0.717) is 0 Å². The standard InChI is InChI=1S/C46H31NOS/c1-2-13-31(14-3-1)35-27-26-34(33-25-24-30-12-4-5-15-32(30)28-33)29-41(35)47(39-19-11-22-43-45(39)38-17-6-8-21-42(38)48-43)40-20-10-18-37-36-16-7-9-23-44(36)49-46(37)40/h1-3,5-11,13-29H,4,12H2. The summed E-state index contributed by atoms with van der Waals surface area (Å²) in [6, 6.07) is 55.1. The Morgan fingerprint density at radius 2 is 1.27 bits per heavy atom. The van der Waals surface area contributed by atoms with Gasteiger partial charge in [-0.25, -0.2) is 0 Å². The van der Waals surface area contributed by atoms with Gasteiger partial charge in [0.15, 0.2) is 0 Å². The molecule has 7 aromatic carbocycles. The topological polar surface area (TPSA) is 16.4 Å². The molecule has 0 radical (unpaired) electrons. The van der Waals surface area contributed by atoms with Crippen LogP contribution >= 0.6 is 11.3 Å². The van der Waals surface area contributed by atoms with Crippen LogP contribution in [0, 0.1) is 0 Å². The van der Waals surface area contributed by atoms with Gasteiger partial charge in [0.2, 0.25) is 0 Å². The van der Waals surface area contributed by atoms with Crippen molar-refractivity contribution in [2.24, 2.45) is 0 Å². The number of fused-ring (bicyclic) bond motifs is 7. The molecule has 0 amide bonds. The molecule has 3 heteroatoms. The Morgan fingerprint density at radius 3 is 2.20 bits per heavy atom. The quantitative estimate of drug-likeness (QED) is 0.185. The number of rotatable bonds is 5. The molecular formula is C46H31NOS. The molecule has 2 nitrogen and oxygen atoms in total. The number of hydrogen-bond acceptors (Lipinski definition) is 3. The van der Waals surface area contributed by atoms with E-state index in [1.807, 2.05) is 17.4 Å². The third-order valence-electron chi connectivity index (χ3n) is 9.93. The maximum Gasteiger partial charge on any atom is 0.137 e. The normalized spacial score (nSPS) is 12.7. The predicted molar refractivity (Wildman–Crippen MR) is 210 cm³/mol. The van der Waals surface area contributed by atoms with E-state index >= 15 is 0 Å². The number of benzene rings is 7. The van der Waals surface area contributed by atoms with Crippen molar-refractivity contribution in [2.45, 2.75) is 12.8 Å². The van der Waals surface area contributed by atoms with Gasteiger partial charge in [0.05, 0.1) is 27.1 Å². The number of para-hydroxylation sites is 1. The fourth-order valence-electron chi connectivity index (χ4n) is 7.60. The summed E-state index contributed by atoms with van der Waals surface area (Å²) in [7, 11) is 0. The highest BCUT2D eigenvalue weighted by Gasteiger charge is 2.25. The summed E-state index contributed by atoms with van der Waals surface area (Å²) >= 11 is 1.86. The zero-order valence-corrected chi connectivity index (χ0v) is 27.6. The van der Waals surface area contributed by atoms with E-state index in [9.17, 15) is 0 Å². The van der Waals surface area contributed by atoms with Crippen LogP contribution in [0.2, 0.25) is 0 Å². The van der Waals surface area contributed by atoms with Crippen LogP contribution in [0.1, 0.15) is 17.5 Å². The van der Waals surface area contributed by atoms with E-state index in [4.69, 9.17) is 4.42 Å². The second-order valence-electron chi connectivity index (χ2n) is 12.8. The first-order valence-electron chi connectivity index (χ1n) is 16.9. The lowest BCUT2D eigenvalue weighted by atomic mass is 9.92. The molecule has 10 rings (SSSR count). The average molecular weight is 646 g/mol. The number of nitrogens with zero attached hydrogens (tertiary/aromatic N) is 1. The number of anilines is 3. The Kier molecular flexibility index (Phi) is 6.53. The summed E-state index contributed by atoms with van der Waals surface area (Å²) in [4.78, 5) is 2.49. The summed E-state index contributed by atoms with van der Waals surface area (Å²) < 4.78 is 9.03. The Bertz CT molecular complexity index is 2730. The first-order chi connectivity index (χ1) is 24.3. The van der Waals surface area contributed by atoms with E-state index < -0.39 is 0 Å². The fraction of sp³-hybridized carbons (Fsp3) is 0.0435. The van der Waals surface area contributed by atoms with E-state index in [0.717, 1.165) is 51.8 Å². The van der Waals surface area contributed by atoms with Gasteiger partial charge in [-0.05, 0) is 83.1 Å². The molecule has 0 atom stereocenters. The van der Waals surface area contributed by atoms with E-state index in [-0.39, 0.29) is 0 Å². The Labute approximate surface area is 288 Å². The van der Waals surface area contributed by atoms with Gasteiger partial charge < -0.3 is 9.32 Å². The second-order valence-corrected chi connectivity index (χ2v) is 13.8. The van der Waals surface area contributed by atoms with Crippen molar-refractivity contribution in [3.63, 3.8) is 0 Å². The molecule has 0 spiro atoms. The minimum absolute atomic E-state index is 0.881. The fourth-order valence-corrected chi connectivity index (χ4v) is 8.81. The molecular weight excluding hydrogens is 615 g/mol. The third kappa shape index (κ3) is 4.62. The summed E-state index contributed by atoms with van der Waals surface area (Å²) in [6.07, 6.45) is 6.77. The van der Waals surface area contributed by atoms with Gasteiger partial charge in [0.1, 0.15) is 11.2 Å². The Balaban J connectivity index is 1.32. The average Bonchev–Trinajstić information content (AvgIpc) is 3.75.